The number of terminal acetylenes is 1. The van der Waals surface area contributed by atoms with Crippen molar-refractivity contribution in [2.24, 2.45) is 0 Å². The SMILES string of the molecule is C#Cc1cccc(NC2CC(c3ccccc3C)C2)c1. The van der Waals surface area contributed by atoms with Crippen molar-refractivity contribution in [2.75, 3.05) is 5.32 Å². The Kier molecular flexibility index (Phi) is 3.48. The van der Waals surface area contributed by atoms with Crippen LogP contribution in [-0.4, -0.2) is 6.04 Å². The van der Waals surface area contributed by atoms with Gasteiger partial charge in [0.15, 0.2) is 0 Å². The molecule has 0 radical (unpaired) electrons. The van der Waals surface area contributed by atoms with Crippen molar-refractivity contribution in [2.45, 2.75) is 31.7 Å². The summed E-state index contributed by atoms with van der Waals surface area (Å²) in [5.74, 6) is 3.38. The minimum Gasteiger partial charge on any atom is -0.382 e. The molecule has 0 amide bonds. The van der Waals surface area contributed by atoms with Crippen molar-refractivity contribution in [1.82, 2.24) is 0 Å². The lowest BCUT2D eigenvalue weighted by molar-refractivity contribution is 0.373. The van der Waals surface area contributed by atoms with Crippen LogP contribution in [0.5, 0.6) is 0 Å². The second kappa shape index (κ2) is 5.43. The van der Waals surface area contributed by atoms with E-state index in [0.29, 0.717) is 12.0 Å². The highest BCUT2D eigenvalue weighted by Crippen LogP contribution is 2.39. The molecule has 0 unspecified atom stereocenters. The lowest BCUT2D eigenvalue weighted by atomic mass is 9.74. The zero-order valence-corrected chi connectivity index (χ0v) is 11.8. The average molecular weight is 261 g/mol. The third kappa shape index (κ3) is 2.56. The van der Waals surface area contributed by atoms with Gasteiger partial charge in [0.2, 0.25) is 0 Å². The van der Waals surface area contributed by atoms with Crippen molar-refractivity contribution < 1.29 is 0 Å². The van der Waals surface area contributed by atoms with E-state index >= 15 is 0 Å². The zero-order valence-electron chi connectivity index (χ0n) is 11.8. The molecular weight excluding hydrogens is 242 g/mol. The summed E-state index contributed by atoms with van der Waals surface area (Å²) in [7, 11) is 0. The van der Waals surface area contributed by atoms with E-state index in [4.69, 9.17) is 6.42 Å². The van der Waals surface area contributed by atoms with Crippen LogP contribution in [0.3, 0.4) is 0 Å². The second-order valence-electron chi connectivity index (χ2n) is 5.59. The normalized spacial score (nSPS) is 20.8. The maximum Gasteiger partial charge on any atom is 0.0354 e. The van der Waals surface area contributed by atoms with Gasteiger partial charge in [0.1, 0.15) is 0 Å². The Morgan fingerprint density at radius 3 is 2.65 bits per heavy atom. The van der Waals surface area contributed by atoms with E-state index in [1.54, 1.807) is 0 Å². The molecule has 1 nitrogen and oxygen atoms in total. The summed E-state index contributed by atoms with van der Waals surface area (Å²) in [6.07, 6.45) is 7.83. The van der Waals surface area contributed by atoms with Crippen LogP contribution in [-0.2, 0) is 0 Å². The molecule has 0 saturated heterocycles. The molecule has 0 heterocycles. The highest BCUT2D eigenvalue weighted by Gasteiger charge is 2.30. The van der Waals surface area contributed by atoms with Crippen molar-refractivity contribution in [3.63, 3.8) is 0 Å². The summed E-state index contributed by atoms with van der Waals surface area (Å²) in [5, 5.41) is 3.58. The van der Waals surface area contributed by atoms with Crippen LogP contribution in [0.4, 0.5) is 5.69 Å². The van der Waals surface area contributed by atoms with Crippen molar-refractivity contribution >= 4 is 5.69 Å². The van der Waals surface area contributed by atoms with Gasteiger partial charge in [-0.2, -0.15) is 0 Å². The Bertz CT molecular complexity index is 645. The first-order valence-electron chi connectivity index (χ1n) is 7.15. The van der Waals surface area contributed by atoms with E-state index < -0.39 is 0 Å². The number of nitrogens with one attached hydrogen (secondary N) is 1. The molecule has 2 aromatic carbocycles. The molecule has 0 bridgehead atoms. The number of hydrogen-bond donors (Lipinski definition) is 1. The first-order chi connectivity index (χ1) is 9.76. The van der Waals surface area contributed by atoms with Crippen LogP contribution >= 0.6 is 0 Å². The number of anilines is 1. The molecule has 3 rings (SSSR count). The Hall–Kier alpha value is -2.20. The molecule has 2 aromatic rings. The second-order valence-corrected chi connectivity index (χ2v) is 5.59. The van der Waals surface area contributed by atoms with E-state index in [9.17, 15) is 0 Å². The molecule has 20 heavy (non-hydrogen) atoms. The highest BCUT2D eigenvalue weighted by atomic mass is 14.9. The summed E-state index contributed by atoms with van der Waals surface area (Å²) in [6.45, 7) is 2.20. The van der Waals surface area contributed by atoms with Crippen molar-refractivity contribution in [1.29, 1.82) is 0 Å². The minimum atomic E-state index is 0.563. The number of aryl methyl sites for hydroxylation is 1. The fraction of sp³-hybridized carbons (Fsp3) is 0.263. The van der Waals surface area contributed by atoms with Crippen LogP contribution in [0.1, 0.15) is 35.4 Å². The van der Waals surface area contributed by atoms with E-state index in [2.05, 4.69) is 48.5 Å². The first kappa shape index (κ1) is 12.8. The minimum absolute atomic E-state index is 0.563. The Morgan fingerprint density at radius 1 is 1.10 bits per heavy atom. The molecule has 1 heteroatoms. The summed E-state index contributed by atoms with van der Waals surface area (Å²) in [4.78, 5) is 0. The first-order valence-corrected chi connectivity index (χ1v) is 7.15. The quantitative estimate of drug-likeness (QED) is 0.811. The van der Waals surface area contributed by atoms with Crippen molar-refractivity contribution in [3.05, 3.63) is 65.2 Å². The molecular formula is C19H19N. The molecule has 1 aliphatic rings. The fourth-order valence-electron chi connectivity index (χ4n) is 2.97. The molecule has 0 aromatic heterocycles. The third-order valence-corrected chi connectivity index (χ3v) is 4.17. The predicted molar refractivity (Wildman–Crippen MR) is 84.9 cm³/mol. The fourth-order valence-corrected chi connectivity index (χ4v) is 2.97. The van der Waals surface area contributed by atoms with Gasteiger partial charge in [-0.25, -0.2) is 0 Å². The highest BCUT2D eigenvalue weighted by molar-refractivity contribution is 5.51. The molecule has 0 atom stereocenters. The zero-order chi connectivity index (χ0) is 13.9. The smallest absolute Gasteiger partial charge is 0.0354 e. The lowest BCUT2D eigenvalue weighted by Gasteiger charge is -2.37. The van der Waals surface area contributed by atoms with E-state index in [-0.39, 0.29) is 0 Å². The lowest BCUT2D eigenvalue weighted by Crippen LogP contribution is -2.34. The third-order valence-electron chi connectivity index (χ3n) is 4.17. The summed E-state index contributed by atoms with van der Waals surface area (Å²) < 4.78 is 0. The maximum absolute atomic E-state index is 5.43. The number of rotatable bonds is 3. The van der Waals surface area contributed by atoms with E-state index in [0.717, 1.165) is 11.3 Å². The van der Waals surface area contributed by atoms with Gasteiger partial charge in [0.05, 0.1) is 0 Å². The standard InChI is InChI=1S/C19H19N/c1-3-15-8-6-9-17(11-15)20-18-12-16(13-18)19-10-5-4-7-14(19)2/h1,4-11,16,18,20H,12-13H2,2H3. The molecule has 1 saturated carbocycles. The largest absolute Gasteiger partial charge is 0.382 e. The van der Waals surface area contributed by atoms with Gasteiger partial charge in [-0.3, -0.25) is 0 Å². The molecule has 1 fully saturated rings. The van der Waals surface area contributed by atoms with Crippen LogP contribution in [0, 0.1) is 19.3 Å². The average Bonchev–Trinajstić information content (AvgIpc) is 2.44. The van der Waals surface area contributed by atoms with Crippen LogP contribution in [0.25, 0.3) is 0 Å². The summed E-state index contributed by atoms with van der Waals surface area (Å²) >= 11 is 0. The Balaban J connectivity index is 1.61. The summed E-state index contributed by atoms with van der Waals surface area (Å²) in [5.41, 5.74) is 4.98. The van der Waals surface area contributed by atoms with Gasteiger partial charge in [-0.15, -0.1) is 6.42 Å². The van der Waals surface area contributed by atoms with Gasteiger partial charge >= 0.3 is 0 Å². The molecule has 1 aliphatic carbocycles. The number of hydrogen-bond acceptors (Lipinski definition) is 1. The Morgan fingerprint density at radius 2 is 1.90 bits per heavy atom. The monoisotopic (exact) mass is 261 g/mol. The molecule has 100 valence electrons. The van der Waals surface area contributed by atoms with Gasteiger partial charge in [0, 0.05) is 17.3 Å². The van der Waals surface area contributed by atoms with Crippen LogP contribution < -0.4 is 5.32 Å². The molecule has 0 spiro atoms. The van der Waals surface area contributed by atoms with Gasteiger partial charge in [-0.1, -0.05) is 36.3 Å². The number of benzene rings is 2. The van der Waals surface area contributed by atoms with E-state index in [1.165, 1.54) is 24.0 Å². The Labute approximate surface area is 121 Å². The molecule has 0 aliphatic heterocycles. The summed E-state index contributed by atoms with van der Waals surface area (Å²) in [6, 6.07) is 17.4. The van der Waals surface area contributed by atoms with E-state index in [1.807, 2.05) is 18.2 Å². The maximum atomic E-state index is 5.43. The predicted octanol–water partition coefficient (Wildman–Crippen LogP) is 4.33. The van der Waals surface area contributed by atoms with Gasteiger partial charge in [0.25, 0.3) is 0 Å². The van der Waals surface area contributed by atoms with Crippen LogP contribution in [0.15, 0.2) is 48.5 Å². The molecule has 1 N–H and O–H groups in total. The van der Waals surface area contributed by atoms with Crippen LogP contribution in [0.2, 0.25) is 0 Å². The van der Waals surface area contributed by atoms with Gasteiger partial charge < -0.3 is 5.32 Å². The topological polar surface area (TPSA) is 12.0 Å². The van der Waals surface area contributed by atoms with Gasteiger partial charge in [-0.05, 0) is 55.0 Å². The van der Waals surface area contributed by atoms with Crippen molar-refractivity contribution in [3.8, 4) is 12.3 Å².